The van der Waals surface area contributed by atoms with Gasteiger partial charge in [-0.1, -0.05) is 49.0 Å². The van der Waals surface area contributed by atoms with Gasteiger partial charge < -0.3 is 10.4 Å². The van der Waals surface area contributed by atoms with Crippen molar-refractivity contribution in [1.82, 2.24) is 5.32 Å². The molecule has 0 aromatic heterocycles. The maximum atomic E-state index is 9.68. The van der Waals surface area contributed by atoms with Crippen molar-refractivity contribution >= 4 is 5.70 Å². The van der Waals surface area contributed by atoms with E-state index in [0.29, 0.717) is 6.54 Å². The first-order valence-electron chi connectivity index (χ1n) is 5.52. The number of nitrogens with one attached hydrogen (secondary N) is 1. The van der Waals surface area contributed by atoms with E-state index in [1.807, 2.05) is 42.5 Å². The summed E-state index contributed by atoms with van der Waals surface area (Å²) in [4.78, 5) is 0. The highest BCUT2D eigenvalue weighted by atomic mass is 16.3. The Morgan fingerprint density at radius 1 is 1.00 bits per heavy atom. The third kappa shape index (κ3) is 2.88. The molecule has 0 atom stereocenters. The van der Waals surface area contributed by atoms with Gasteiger partial charge >= 0.3 is 0 Å². The van der Waals surface area contributed by atoms with Gasteiger partial charge in [0.05, 0.1) is 0 Å². The minimum atomic E-state index is 0.248. The smallest absolute Gasteiger partial charge is 0.124 e. The summed E-state index contributed by atoms with van der Waals surface area (Å²) in [6, 6.07) is 17.3. The van der Waals surface area contributed by atoms with Gasteiger partial charge in [-0.2, -0.15) is 0 Å². The van der Waals surface area contributed by atoms with Gasteiger partial charge in [0.25, 0.3) is 0 Å². The number of aromatic hydroxyl groups is 1. The molecule has 0 radical (unpaired) electrons. The Hall–Kier alpha value is -2.22. The molecular weight excluding hydrogens is 210 g/mol. The Kier molecular flexibility index (Phi) is 3.46. The Bertz CT molecular complexity index is 505. The summed E-state index contributed by atoms with van der Waals surface area (Å²) in [7, 11) is 0. The van der Waals surface area contributed by atoms with Crippen LogP contribution in [0.15, 0.2) is 61.2 Å². The zero-order chi connectivity index (χ0) is 12.1. The summed E-state index contributed by atoms with van der Waals surface area (Å²) in [5, 5.41) is 12.9. The van der Waals surface area contributed by atoms with Crippen LogP contribution in [0, 0.1) is 0 Å². The van der Waals surface area contributed by atoms with Gasteiger partial charge in [-0.15, -0.1) is 0 Å². The second-order valence-electron chi connectivity index (χ2n) is 3.83. The van der Waals surface area contributed by atoms with E-state index in [9.17, 15) is 5.11 Å². The molecule has 0 saturated heterocycles. The molecule has 0 fully saturated rings. The third-order valence-corrected chi connectivity index (χ3v) is 2.58. The molecule has 0 bridgehead atoms. The Morgan fingerprint density at radius 2 is 1.65 bits per heavy atom. The van der Waals surface area contributed by atoms with Gasteiger partial charge in [0.2, 0.25) is 0 Å². The van der Waals surface area contributed by atoms with E-state index in [0.717, 1.165) is 11.3 Å². The van der Waals surface area contributed by atoms with Crippen molar-refractivity contribution in [2.24, 2.45) is 0 Å². The van der Waals surface area contributed by atoms with Crippen LogP contribution in [0.1, 0.15) is 11.1 Å². The van der Waals surface area contributed by atoms with Crippen LogP contribution in [0.4, 0.5) is 0 Å². The average Bonchev–Trinajstić information content (AvgIpc) is 2.38. The van der Waals surface area contributed by atoms with E-state index in [4.69, 9.17) is 0 Å². The lowest BCUT2D eigenvalue weighted by Gasteiger charge is -2.11. The molecule has 86 valence electrons. The molecule has 17 heavy (non-hydrogen) atoms. The maximum Gasteiger partial charge on any atom is 0.124 e. The summed E-state index contributed by atoms with van der Waals surface area (Å²) in [6.07, 6.45) is 0. The molecule has 0 aliphatic carbocycles. The van der Waals surface area contributed by atoms with E-state index in [1.54, 1.807) is 12.1 Å². The number of para-hydroxylation sites is 1. The minimum Gasteiger partial charge on any atom is -0.507 e. The highest BCUT2D eigenvalue weighted by Crippen LogP contribution is 2.21. The standard InChI is InChI=1S/C15H15NO/c1-12(14-9-5-6-10-15(14)17)16-11-13-7-3-2-4-8-13/h2-10,16-17H,1,11H2. The lowest BCUT2D eigenvalue weighted by Crippen LogP contribution is -2.10. The van der Waals surface area contributed by atoms with E-state index in [1.165, 1.54) is 5.56 Å². The lowest BCUT2D eigenvalue weighted by atomic mass is 10.1. The van der Waals surface area contributed by atoms with Crippen molar-refractivity contribution < 1.29 is 5.11 Å². The average molecular weight is 225 g/mol. The van der Waals surface area contributed by atoms with Crippen LogP contribution >= 0.6 is 0 Å². The van der Waals surface area contributed by atoms with Gasteiger partial charge in [0.1, 0.15) is 5.75 Å². The molecule has 0 heterocycles. The molecule has 2 nitrogen and oxygen atoms in total. The van der Waals surface area contributed by atoms with E-state index in [2.05, 4.69) is 11.9 Å². The van der Waals surface area contributed by atoms with Crippen LogP contribution in [0.25, 0.3) is 5.70 Å². The second-order valence-corrected chi connectivity index (χ2v) is 3.83. The predicted octanol–water partition coefficient (Wildman–Crippen LogP) is 3.15. The van der Waals surface area contributed by atoms with Crippen LogP contribution in [0.2, 0.25) is 0 Å². The first-order valence-corrected chi connectivity index (χ1v) is 5.52. The summed E-state index contributed by atoms with van der Waals surface area (Å²) in [5.74, 6) is 0.248. The lowest BCUT2D eigenvalue weighted by molar-refractivity contribution is 0.473. The predicted molar refractivity (Wildman–Crippen MR) is 70.4 cm³/mol. The maximum absolute atomic E-state index is 9.68. The molecule has 2 aromatic rings. The Morgan fingerprint density at radius 3 is 2.35 bits per heavy atom. The summed E-state index contributed by atoms with van der Waals surface area (Å²) in [6.45, 7) is 4.63. The van der Waals surface area contributed by atoms with Crippen molar-refractivity contribution in [1.29, 1.82) is 0 Å². The summed E-state index contributed by atoms with van der Waals surface area (Å²) >= 11 is 0. The number of phenols is 1. The topological polar surface area (TPSA) is 32.3 Å². The third-order valence-electron chi connectivity index (χ3n) is 2.58. The van der Waals surface area contributed by atoms with Gasteiger partial charge in [-0.25, -0.2) is 0 Å². The second kappa shape index (κ2) is 5.21. The Labute approximate surface area is 101 Å². The fraction of sp³-hybridized carbons (Fsp3) is 0.0667. The number of phenolic OH excluding ortho intramolecular Hbond substituents is 1. The molecule has 2 heteroatoms. The normalized spacial score (nSPS) is 9.88. The van der Waals surface area contributed by atoms with Crippen molar-refractivity contribution in [3.8, 4) is 5.75 Å². The zero-order valence-electron chi connectivity index (χ0n) is 9.56. The van der Waals surface area contributed by atoms with Crippen molar-refractivity contribution in [2.45, 2.75) is 6.54 Å². The van der Waals surface area contributed by atoms with Crippen LogP contribution in [-0.2, 0) is 6.54 Å². The van der Waals surface area contributed by atoms with Crippen LogP contribution < -0.4 is 5.32 Å². The largest absolute Gasteiger partial charge is 0.507 e. The van der Waals surface area contributed by atoms with Gasteiger partial charge in [0.15, 0.2) is 0 Å². The quantitative estimate of drug-likeness (QED) is 0.837. The van der Waals surface area contributed by atoms with Crippen LogP contribution in [-0.4, -0.2) is 5.11 Å². The van der Waals surface area contributed by atoms with E-state index >= 15 is 0 Å². The molecule has 0 aliphatic rings. The van der Waals surface area contributed by atoms with E-state index < -0.39 is 0 Å². The fourth-order valence-corrected chi connectivity index (χ4v) is 1.63. The fourth-order valence-electron chi connectivity index (χ4n) is 1.63. The number of rotatable bonds is 4. The van der Waals surface area contributed by atoms with Crippen molar-refractivity contribution in [3.63, 3.8) is 0 Å². The van der Waals surface area contributed by atoms with Gasteiger partial charge in [0, 0.05) is 17.8 Å². The molecule has 2 N–H and O–H groups in total. The highest BCUT2D eigenvalue weighted by Gasteiger charge is 2.03. The zero-order valence-corrected chi connectivity index (χ0v) is 9.56. The molecule has 2 rings (SSSR count). The van der Waals surface area contributed by atoms with Crippen LogP contribution in [0.5, 0.6) is 5.75 Å². The molecular formula is C15H15NO. The molecule has 0 amide bonds. The first-order chi connectivity index (χ1) is 8.27. The van der Waals surface area contributed by atoms with Crippen molar-refractivity contribution in [3.05, 3.63) is 72.3 Å². The summed E-state index contributed by atoms with van der Waals surface area (Å²) in [5.41, 5.74) is 2.65. The van der Waals surface area contributed by atoms with Crippen LogP contribution in [0.3, 0.4) is 0 Å². The van der Waals surface area contributed by atoms with Gasteiger partial charge in [-0.05, 0) is 17.7 Å². The number of hydrogen-bond donors (Lipinski definition) is 2. The highest BCUT2D eigenvalue weighted by molar-refractivity contribution is 5.66. The van der Waals surface area contributed by atoms with Crippen molar-refractivity contribution in [2.75, 3.05) is 0 Å². The molecule has 0 saturated carbocycles. The number of hydrogen-bond acceptors (Lipinski definition) is 2. The molecule has 0 spiro atoms. The monoisotopic (exact) mass is 225 g/mol. The Balaban J connectivity index is 2.01. The molecule has 2 aromatic carbocycles. The first kappa shape index (κ1) is 11.3. The molecule has 0 aliphatic heterocycles. The van der Waals surface area contributed by atoms with E-state index in [-0.39, 0.29) is 5.75 Å². The minimum absolute atomic E-state index is 0.248. The SMILES string of the molecule is C=C(NCc1ccccc1)c1ccccc1O. The summed E-state index contributed by atoms with van der Waals surface area (Å²) < 4.78 is 0. The van der Waals surface area contributed by atoms with Gasteiger partial charge in [-0.3, -0.25) is 0 Å². The molecule has 0 unspecified atom stereocenters. The number of benzene rings is 2.